The van der Waals surface area contributed by atoms with Crippen molar-refractivity contribution in [3.05, 3.63) is 36.2 Å². The summed E-state index contributed by atoms with van der Waals surface area (Å²) in [5.41, 5.74) is 5.57. The molecule has 1 heterocycles. The fraction of sp³-hybridized carbons (Fsp3) is 0.0909. The van der Waals surface area contributed by atoms with Crippen molar-refractivity contribution in [2.24, 2.45) is 5.73 Å². The molecule has 1 amide bonds. The topological polar surface area (TPSA) is 128 Å². The number of rotatable bonds is 4. The number of nitrogens with two attached hydrogens (primary N) is 1. The van der Waals surface area contributed by atoms with Gasteiger partial charge in [0.2, 0.25) is 5.95 Å². The lowest BCUT2D eigenvalue weighted by molar-refractivity contribution is 0.0994. The van der Waals surface area contributed by atoms with Crippen molar-refractivity contribution >= 4 is 27.4 Å². The summed E-state index contributed by atoms with van der Waals surface area (Å²) in [6.07, 6.45) is 2.33. The average molecular weight is 293 g/mol. The van der Waals surface area contributed by atoms with E-state index >= 15 is 0 Å². The quantitative estimate of drug-likeness (QED) is 0.819. The van der Waals surface area contributed by atoms with Crippen LogP contribution in [0.3, 0.4) is 0 Å². The molecule has 8 nitrogen and oxygen atoms in total. The number of nitrogens with one attached hydrogen (secondary N) is 1. The summed E-state index contributed by atoms with van der Waals surface area (Å²) >= 11 is 0. The van der Waals surface area contributed by atoms with Crippen LogP contribution in [0.2, 0.25) is 0 Å². The summed E-state index contributed by atoms with van der Waals surface area (Å²) in [7, 11) is -3.23. The molecule has 0 fully saturated rings. The molecule has 0 saturated heterocycles. The molecule has 1 aromatic heterocycles. The molecule has 0 spiro atoms. The highest BCUT2D eigenvalue weighted by Gasteiger charge is 2.07. The Labute approximate surface area is 115 Å². The third-order valence-electron chi connectivity index (χ3n) is 2.35. The van der Waals surface area contributed by atoms with E-state index in [1.807, 2.05) is 0 Å². The van der Waals surface area contributed by atoms with E-state index in [2.05, 4.69) is 20.5 Å². The van der Waals surface area contributed by atoms with Gasteiger partial charge in [-0.05, 0) is 24.3 Å². The van der Waals surface area contributed by atoms with E-state index in [0.717, 1.165) is 6.26 Å². The molecule has 20 heavy (non-hydrogen) atoms. The van der Waals surface area contributed by atoms with E-state index in [4.69, 9.17) is 5.73 Å². The molecule has 0 aliphatic heterocycles. The Morgan fingerprint density at radius 1 is 1.20 bits per heavy atom. The Bertz CT molecular complexity index is 726. The van der Waals surface area contributed by atoms with E-state index in [0.29, 0.717) is 5.69 Å². The van der Waals surface area contributed by atoms with Gasteiger partial charge < -0.3 is 11.1 Å². The fourth-order valence-corrected chi connectivity index (χ4v) is 1.99. The van der Waals surface area contributed by atoms with Crippen molar-refractivity contribution in [1.29, 1.82) is 0 Å². The van der Waals surface area contributed by atoms with E-state index in [-0.39, 0.29) is 16.5 Å². The van der Waals surface area contributed by atoms with Crippen LogP contribution >= 0.6 is 0 Å². The number of benzene rings is 1. The first-order chi connectivity index (χ1) is 9.36. The van der Waals surface area contributed by atoms with Gasteiger partial charge >= 0.3 is 0 Å². The molecule has 0 unspecified atom stereocenters. The molecule has 2 rings (SSSR count). The number of aromatic nitrogens is 3. The number of sulfone groups is 1. The second-order valence-electron chi connectivity index (χ2n) is 3.95. The molecule has 0 bridgehead atoms. The molecule has 0 radical (unpaired) electrons. The Morgan fingerprint density at radius 2 is 1.85 bits per heavy atom. The van der Waals surface area contributed by atoms with Crippen LogP contribution < -0.4 is 11.1 Å². The highest BCUT2D eigenvalue weighted by Crippen LogP contribution is 2.16. The van der Waals surface area contributed by atoms with Crippen LogP contribution in [-0.2, 0) is 9.84 Å². The maximum absolute atomic E-state index is 11.3. The van der Waals surface area contributed by atoms with E-state index in [1.165, 1.54) is 18.3 Å². The number of primary amides is 1. The largest absolute Gasteiger partial charge is 0.364 e. The highest BCUT2D eigenvalue weighted by atomic mass is 32.2. The van der Waals surface area contributed by atoms with Crippen LogP contribution in [0.5, 0.6) is 0 Å². The normalized spacial score (nSPS) is 11.1. The summed E-state index contributed by atoms with van der Waals surface area (Å²) in [5.74, 6) is -0.545. The molecule has 9 heteroatoms. The van der Waals surface area contributed by atoms with Crippen LogP contribution in [-0.4, -0.2) is 35.8 Å². The van der Waals surface area contributed by atoms with Gasteiger partial charge in [0.25, 0.3) is 5.91 Å². The van der Waals surface area contributed by atoms with E-state index in [9.17, 15) is 13.2 Å². The number of amides is 1. The van der Waals surface area contributed by atoms with Gasteiger partial charge in [-0.3, -0.25) is 4.79 Å². The van der Waals surface area contributed by atoms with Crippen molar-refractivity contribution < 1.29 is 13.2 Å². The first kappa shape index (κ1) is 13.9. The lowest BCUT2D eigenvalue weighted by atomic mass is 10.3. The zero-order valence-corrected chi connectivity index (χ0v) is 11.3. The van der Waals surface area contributed by atoms with Crippen LogP contribution in [0.1, 0.15) is 10.5 Å². The molecule has 0 saturated carbocycles. The summed E-state index contributed by atoms with van der Waals surface area (Å²) in [6, 6.07) is 6.06. The van der Waals surface area contributed by atoms with E-state index in [1.54, 1.807) is 12.1 Å². The number of carbonyl (C=O) groups is 1. The van der Waals surface area contributed by atoms with Gasteiger partial charge in [0, 0.05) is 11.9 Å². The SMILES string of the molecule is CS(=O)(=O)c1ccc(Nc2ncc(C(N)=O)nn2)cc1. The second kappa shape index (κ2) is 5.21. The van der Waals surface area contributed by atoms with Crippen LogP contribution in [0.4, 0.5) is 11.6 Å². The average Bonchev–Trinajstić information content (AvgIpc) is 2.39. The zero-order chi connectivity index (χ0) is 14.8. The Kier molecular flexibility index (Phi) is 3.61. The maximum Gasteiger partial charge on any atom is 0.270 e. The fourth-order valence-electron chi connectivity index (χ4n) is 1.36. The summed E-state index contributed by atoms with van der Waals surface area (Å²) in [5, 5.41) is 10.1. The molecule has 1 aromatic carbocycles. The molecular weight excluding hydrogens is 282 g/mol. The van der Waals surface area contributed by atoms with Crippen molar-refractivity contribution in [2.75, 3.05) is 11.6 Å². The highest BCUT2D eigenvalue weighted by molar-refractivity contribution is 7.90. The zero-order valence-electron chi connectivity index (χ0n) is 10.4. The van der Waals surface area contributed by atoms with Crippen molar-refractivity contribution in [3.63, 3.8) is 0 Å². The van der Waals surface area contributed by atoms with Gasteiger partial charge in [-0.1, -0.05) is 0 Å². The number of carbonyl (C=O) groups excluding carboxylic acids is 1. The number of hydrogen-bond acceptors (Lipinski definition) is 7. The van der Waals surface area contributed by atoms with Gasteiger partial charge in [-0.25, -0.2) is 13.4 Å². The Morgan fingerprint density at radius 3 is 2.30 bits per heavy atom. The molecule has 0 aliphatic rings. The molecular formula is C11H11N5O3S. The van der Waals surface area contributed by atoms with Crippen LogP contribution in [0.25, 0.3) is 0 Å². The molecule has 2 aromatic rings. The van der Waals surface area contributed by atoms with Gasteiger partial charge in [0.15, 0.2) is 15.5 Å². The first-order valence-electron chi connectivity index (χ1n) is 5.43. The monoisotopic (exact) mass is 293 g/mol. The summed E-state index contributed by atoms with van der Waals surface area (Å²) in [4.78, 5) is 14.9. The molecule has 3 N–H and O–H groups in total. The third kappa shape index (κ3) is 3.26. The number of nitrogens with zero attached hydrogens (tertiary/aromatic N) is 3. The predicted molar refractivity (Wildman–Crippen MR) is 71.2 cm³/mol. The summed E-state index contributed by atoms with van der Waals surface area (Å²) < 4.78 is 22.6. The summed E-state index contributed by atoms with van der Waals surface area (Å²) in [6.45, 7) is 0. The van der Waals surface area contributed by atoms with Crippen molar-refractivity contribution in [3.8, 4) is 0 Å². The predicted octanol–water partition coefficient (Wildman–Crippen LogP) is 0.118. The van der Waals surface area contributed by atoms with Gasteiger partial charge in [-0.15, -0.1) is 10.2 Å². The number of hydrogen-bond donors (Lipinski definition) is 2. The molecule has 104 valence electrons. The van der Waals surface area contributed by atoms with Gasteiger partial charge in [-0.2, -0.15) is 0 Å². The minimum atomic E-state index is -3.23. The maximum atomic E-state index is 11.3. The standard InChI is InChI=1S/C11H11N5O3S/c1-20(18,19)8-4-2-7(3-5-8)14-11-13-6-9(10(12)17)15-16-11/h2-6H,1H3,(H2,12,17)(H,13,14,16). The van der Waals surface area contributed by atoms with E-state index < -0.39 is 15.7 Å². The van der Waals surface area contributed by atoms with Crippen LogP contribution in [0, 0.1) is 0 Å². The third-order valence-corrected chi connectivity index (χ3v) is 3.48. The first-order valence-corrected chi connectivity index (χ1v) is 7.32. The minimum absolute atomic E-state index is 0.0389. The molecule has 0 atom stereocenters. The van der Waals surface area contributed by atoms with Crippen molar-refractivity contribution in [2.45, 2.75) is 4.90 Å². The van der Waals surface area contributed by atoms with Gasteiger partial charge in [0.05, 0.1) is 11.1 Å². The smallest absolute Gasteiger partial charge is 0.270 e. The Hall–Kier alpha value is -2.55. The Balaban J connectivity index is 2.16. The lowest BCUT2D eigenvalue weighted by Gasteiger charge is -2.05. The van der Waals surface area contributed by atoms with Crippen molar-refractivity contribution in [1.82, 2.24) is 15.2 Å². The second-order valence-corrected chi connectivity index (χ2v) is 5.97. The molecule has 0 aliphatic carbocycles. The minimum Gasteiger partial charge on any atom is -0.364 e. The van der Waals surface area contributed by atoms with Crippen LogP contribution in [0.15, 0.2) is 35.4 Å². The number of anilines is 2. The lowest BCUT2D eigenvalue weighted by Crippen LogP contribution is -2.14. The van der Waals surface area contributed by atoms with Gasteiger partial charge in [0.1, 0.15) is 0 Å².